The topological polar surface area (TPSA) is 86.0 Å². The maximum Gasteiger partial charge on any atom is 0.0919 e. The first kappa shape index (κ1) is 48.7. The third-order valence-corrected chi connectivity index (χ3v) is 10.0. The molecule has 0 fully saturated rings. The molecule has 330 valence electrons. The predicted octanol–water partition coefficient (Wildman–Crippen LogP) is 15.8. The summed E-state index contributed by atoms with van der Waals surface area (Å²) < 4.78 is 0. The maximum atomic E-state index is 4.18. The molecule has 13 rings (SSSR count). The third-order valence-electron chi connectivity index (χ3n) is 10.0. The number of aromatic nitrogens is 6. The summed E-state index contributed by atoms with van der Waals surface area (Å²) in [5, 5.41) is 7.54. The summed E-state index contributed by atoms with van der Waals surface area (Å²) in [7, 11) is 0. The van der Waals surface area contributed by atoms with Crippen LogP contribution in [-0.4, -0.2) is 29.9 Å². The van der Waals surface area contributed by atoms with E-state index in [0.717, 1.165) is 5.52 Å². The minimum absolute atomic E-state index is 0. The van der Waals surface area contributed by atoms with E-state index in [1.165, 1.54) is 63.5 Å². The summed E-state index contributed by atoms with van der Waals surface area (Å²) in [6, 6.07) is 74.0. The summed E-state index contributed by atoms with van der Waals surface area (Å²) >= 11 is 0. The highest BCUT2D eigenvalue weighted by atomic mass is 14.8. The van der Waals surface area contributed by atoms with Gasteiger partial charge in [-0.15, -0.1) is 0 Å². The Balaban J connectivity index is 0.000000143. The summed E-state index contributed by atoms with van der Waals surface area (Å²) in [5.74, 6) is 0. The van der Waals surface area contributed by atoms with Gasteiger partial charge in [0.1, 0.15) is 0 Å². The fourth-order valence-electron chi connectivity index (χ4n) is 6.72. The summed E-state index contributed by atoms with van der Waals surface area (Å²) in [5.41, 5.74) is 5.42. The van der Waals surface area contributed by atoms with Crippen LogP contribution in [0.2, 0.25) is 0 Å². The van der Waals surface area contributed by atoms with Crippen molar-refractivity contribution in [3.63, 3.8) is 0 Å². The molecule has 6 nitrogen and oxygen atoms in total. The molecule has 0 spiro atoms. The zero-order valence-corrected chi connectivity index (χ0v) is 36.7. The largest absolute Gasteiger partial charge is 0.368 e. The van der Waals surface area contributed by atoms with Crippen molar-refractivity contribution in [1.82, 2.24) is 29.9 Å². The molecule has 0 saturated carbocycles. The molecule has 0 bridgehead atoms. The van der Waals surface area contributed by atoms with E-state index in [1.54, 1.807) is 29.8 Å². The molecule has 0 saturated heterocycles. The summed E-state index contributed by atoms with van der Waals surface area (Å²) in [4.78, 5) is 20.6. The van der Waals surface area contributed by atoms with Gasteiger partial charge in [0, 0.05) is 60.5 Å². The minimum Gasteiger partial charge on any atom is -0.368 e. The second-order valence-electron chi connectivity index (χ2n) is 14.6. The lowest BCUT2D eigenvalue weighted by atomic mass is 9.92. The van der Waals surface area contributed by atoms with Crippen molar-refractivity contribution in [3.05, 3.63) is 285 Å². The normalized spacial score (nSPS) is 10.4. The standard InChI is InChI=1S/C10H12.C10H8.2C9H7N.C8H7N.C6H6.C4H5N.C3H4N2.CH4/c2*1-2-6-10-8-4-3-7-9(10)5-1;1-2-6-9-8(4-1)5-3-7-10-9;1-2-4-9-7-10-6-5-8(9)3-1;1-2-4-8-7(3-1)5-6-9-8;1-2-4-6-5-3-1;1-2-4-5-3-1;1-2-5-3-4-1;/h1-2,5-6H,3-4,7-8H2;1-8H;2*1-7H;1-6,9H;1-6H;1-5H;1-3H,(H,4,5);1H4. The minimum atomic E-state index is 0. The SMILES string of the molecule is C.c1c[nH]cn1.c1cc[nH]c1.c1ccc2[nH]ccc2c1.c1ccc2c(c1)CCCC2.c1ccc2ccccc2c1.c1ccc2cnccc2c1.c1ccc2ncccc2c1.c1ccccc1. The van der Waals surface area contributed by atoms with E-state index in [9.17, 15) is 0 Å². The number of aromatic amines is 3. The van der Waals surface area contributed by atoms with Crippen LogP contribution in [-0.2, 0) is 12.8 Å². The Morgan fingerprint density at radius 3 is 1.32 bits per heavy atom. The zero-order chi connectivity index (χ0) is 44.7. The van der Waals surface area contributed by atoms with Gasteiger partial charge in [0.2, 0.25) is 0 Å². The van der Waals surface area contributed by atoms with E-state index in [-0.39, 0.29) is 7.43 Å². The Morgan fingerprint density at radius 1 is 0.333 bits per heavy atom. The van der Waals surface area contributed by atoms with Crippen LogP contribution in [0.25, 0.3) is 43.4 Å². The molecule has 5 aromatic heterocycles. The number of pyridine rings is 2. The van der Waals surface area contributed by atoms with Crippen molar-refractivity contribution in [2.45, 2.75) is 33.1 Å². The summed E-state index contributed by atoms with van der Waals surface area (Å²) in [6.45, 7) is 0. The number of H-pyrrole nitrogens is 3. The Bertz CT molecular complexity index is 2510. The Kier molecular flexibility index (Phi) is 22.0. The van der Waals surface area contributed by atoms with Crippen LogP contribution in [0.1, 0.15) is 31.4 Å². The number of imidazole rings is 1. The second-order valence-corrected chi connectivity index (χ2v) is 14.6. The Hall–Kier alpha value is -8.35. The zero-order valence-electron chi connectivity index (χ0n) is 36.7. The fraction of sp³-hybridized carbons (Fsp3) is 0.0833. The van der Waals surface area contributed by atoms with E-state index in [0.29, 0.717) is 0 Å². The average Bonchev–Trinajstić information content (AvgIpc) is 4.26. The first-order chi connectivity index (χ1) is 32.3. The van der Waals surface area contributed by atoms with E-state index >= 15 is 0 Å². The number of hydrogen-bond donors (Lipinski definition) is 3. The van der Waals surface area contributed by atoms with Crippen molar-refractivity contribution in [2.24, 2.45) is 0 Å². The Morgan fingerprint density at radius 2 is 0.833 bits per heavy atom. The van der Waals surface area contributed by atoms with Crippen LogP contribution in [0.15, 0.2) is 274 Å². The number of nitrogens with one attached hydrogen (secondary N) is 3. The molecule has 0 atom stereocenters. The lowest BCUT2D eigenvalue weighted by Crippen LogP contribution is -2.00. The van der Waals surface area contributed by atoms with Gasteiger partial charge in [0.05, 0.1) is 11.8 Å². The average molecular weight is 865 g/mol. The van der Waals surface area contributed by atoms with Crippen molar-refractivity contribution < 1.29 is 0 Å². The highest BCUT2D eigenvalue weighted by Gasteiger charge is 2.06. The number of hydrogen-bond acceptors (Lipinski definition) is 3. The molecule has 7 aromatic carbocycles. The highest BCUT2D eigenvalue weighted by Crippen LogP contribution is 2.20. The van der Waals surface area contributed by atoms with Gasteiger partial charge < -0.3 is 15.0 Å². The Labute approximate surface area is 390 Å². The first-order valence-corrected chi connectivity index (χ1v) is 22.0. The van der Waals surface area contributed by atoms with Crippen LogP contribution in [0.3, 0.4) is 0 Å². The van der Waals surface area contributed by atoms with Gasteiger partial charge >= 0.3 is 0 Å². The molecule has 12 aromatic rings. The van der Waals surface area contributed by atoms with Crippen molar-refractivity contribution in [3.8, 4) is 0 Å². The second kappa shape index (κ2) is 29.9. The van der Waals surface area contributed by atoms with Gasteiger partial charge in [-0.3, -0.25) is 9.97 Å². The predicted molar refractivity (Wildman–Crippen MR) is 281 cm³/mol. The van der Waals surface area contributed by atoms with Gasteiger partial charge in [-0.25, -0.2) is 4.98 Å². The van der Waals surface area contributed by atoms with Crippen LogP contribution in [0.5, 0.6) is 0 Å². The maximum absolute atomic E-state index is 4.18. The summed E-state index contributed by atoms with van der Waals surface area (Å²) in [6.07, 6.45) is 21.6. The highest BCUT2D eigenvalue weighted by molar-refractivity contribution is 5.82. The molecule has 3 N–H and O–H groups in total. The van der Waals surface area contributed by atoms with E-state index < -0.39 is 0 Å². The van der Waals surface area contributed by atoms with E-state index in [4.69, 9.17) is 0 Å². The molecule has 0 unspecified atom stereocenters. The number of fused-ring (bicyclic) bond motifs is 5. The fourth-order valence-corrected chi connectivity index (χ4v) is 6.72. The van der Waals surface area contributed by atoms with Gasteiger partial charge in [-0.1, -0.05) is 183 Å². The van der Waals surface area contributed by atoms with Crippen molar-refractivity contribution in [1.29, 1.82) is 0 Å². The molecule has 1 aliphatic rings. The first-order valence-electron chi connectivity index (χ1n) is 22.0. The number of rotatable bonds is 0. The van der Waals surface area contributed by atoms with Crippen molar-refractivity contribution >= 4 is 43.4 Å². The third kappa shape index (κ3) is 17.8. The van der Waals surface area contributed by atoms with Crippen LogP contribution in [0.4, 0.5) is 0 Å². The molecule has 5 heterocycles. The van der Waals surface area contributed by atoms with Crippen LogP contribution in [0, 0.1) is 0 Å². The molecule has 6 heteroatoms. The van der Waals surface area contributed by atoms with Gasteiger partial charge in [-0.2, -0.15) is 0 Å². The van der Waals surface area contributed by atoms with Gasteiger partial charge in [0.25, 0.3) is 0 Å². The number of para-hydroxylation sites is 2. The molecule has 0 radical (unpaired) electrons. The smallest absolute Gasteiger partial charge is 0.0919 e. The lowest BCUT2D eigenvalue weighted by molar-refractivity contribution is 0.685. The quantitative estimate of drug-likeness (QED) is 0.142. The molecular formula is C60H60N6. The number of aryl methyl sites for hydroxylation is 2. The van der Waals surface area contributed by atoms with E-state index in [2.05, 4.69) is 145 Å². The van der Waals surface area contributed by atoms with Gasteiger partial charge in [0.15, 0.2) is 0 Å². The molecule has 0 amide bonds. The number of benzene rings is 7. The lowest BCUT2D eigenvalue weighted by Gasteiger charge is -2.13. The molecule has 0 aliphatic heterocycles. The van der Waals surface area contributed by atoms with E-state index in [1.807, 2.05) is 140 Å². The van der Waals surface area contributed by atoms with Crippen LogP contribution >= 0.6 is 0 Å². The molecular weight excluding hydrogens is 805 g/mol. The monoisotopic (exact) mass is 864 g/mol. The van der Waals surface area contributed by atoms with Crippen molar-refractivity contribution in [2.75, 3.05) is 0 Å². The molecule has 1 aliphatic carbocycles. The van der Waals surface area contributed by atoms with Gasteiger partial charge in [-0.05, 0) is 106 Å². The molecule has 66 heavy (non-hydrogen) atoms. The number of nitrogens with zero attached hydrogens (tertiary/aromatic N) is 3. The van der Waals surface area contributed by atoms with Crippen LogP contribution < -0.4 is 0 Å².